The van der Waals surface area contributed by atoms with E-state index in [2.05, 4.69) is 13.0 Å². The Kier molecular flexibility index (Phi) is 4.70. The molecule has 0 fully saturated rings. The van der Waals surface area contributed by atoms with E-state index in [1.165, 1.54) is 0 Å². The summed E-state index contributed by atoms with van der Waals surface area (Å²) in [7, 11) is 0. The van der Waals surface area contributed by atoms with Gasteiger partial charge in [-0.1, -0.05) is 37.1 Å². The van der Waals surface area contributed by atoms with Crippen molar-refractivity contribution < 1.29 is 0 Å². The predicted molar refractivity (Wildman–Crippen MR) is 82.7 cm³/mol. The number of anilines is 1. The molecule has 0 radical (unpaired) electrons. The Bertz CT molecular complexity index is 638. The maximum Gasteiger partial charge on any atom is 0.122 e. The molecular formula is C16H18ClN3. The Morgan fingerprint density at radius 3 is 2.80 bits per heavy atom. The van der Waals surface area contributed by atoms with Crippen molar-refractivity contribution in [3.63, 3.8) is 0 Å². The van der Waals surface area contributed by atoms with Crippen molar-refractivity contribution in [1.29, 1.82) is 5.26 Å². The molecule has 0 aliphatic rings. The average molecular weight is 288 g/mol. The predicted octanol–water partition coefficient (Wildman–Crippen LogP) is 3.99. The Morgan fingerprint density at radius 2 is 2.15 bits per heavy atom. The number of nitrogens with two attached hydrogens (primary N) is 1. The lowest BCUT2D eigenvalue weighted by Crippen LogP contribution is -2.07. The Labute approximate surface area is 124 Å². The first-order chi connectivity index (χ1) is 9.65. The van der Waals surface area contributed by atoms with Crippen molar-refractivity contribution in [2.75, 3.05) is 5.73 Å². The van der Waals surface area contributed by atoms with Crippen LogP contribution in [0, 0.1) is 11.3 Å². The molecule has 0 saturated carbocycles. The van der Waals surface area contributed by atoms with Crippen LogP contribution in [0.3, 0.4) is 0 Å². The van der Waals surface area contributed by atoms with Crippen LogP contribution in [0.15, 0.2) is 30.3 Å². The van der Waals surface area contributed by atoms with Gasteiger partial charge in [0.05, 0.1) is 5.69 Å². The summed E-state index contributed by atoms with van der Waals surface area (Å²) < 4.78 is 2.03. The summed E-state index contributed by atoms with van der Waals surface area (Å²) in [5, 5.41) is 9.93. The summed E-state index contributed by atoms with van der Waals surface area (Å²) in [6, 6.07) is 11.7. The zero-order chi connectivity index (χ0) is 14.5. The van der Waals surface area contributed by atoms with E-state index in [9.17, 15) is 5.26 Å². The molecule has 0 aliphatic carbocycles. The van der Waals surface area contributed by atoms with E-state index in [1.807, 2.05) is 28.8 Å². The zero-order valence-electron chi connectivity index (χ0n) is 11.6. The molecule has 0 bridgehead atoms. The minimum absolute atomic E-state index is 0.632. The van der Waals surface area contributed by atoms with E-state index >= 15 is 0 Å². The lowest BCUT2D eigenvalue weighted by molar-refractivity contribution is 0.611. The van der Waals surface area contributed by atoms with Crippen molar-refractivity contribution in [3.8, 4) is 6.07 Å². The third kappa shape index (κ3) is 3.15. The minimum atomic E-state index is 0.632. The van der Waals surface area contributed by atoms with Crippen molar-refractivity contribution in [2.45, 2.75) is 32.7 Å². The molecule has 4 heteroatoms. The number of unbranched alkanes of at least 4 members (excludes halogenated alkanes) is 1. The molecule has 0 saturated heterocycles. The number of hydrogen-bond acceptors (Lipinski definition) is 2. The normalized spacial score (nSPS) is 10.4. The molecular weight excluding hydrogens is 270 g/mol. The number of hydrogen-bond donors (Lipinski definition) is 1. The number of rotatable bonds is 5. The van der Waals surface area contributed by atoms with Crippen molar-refractivity contribution >= 4 is 17.3 Å². The molecule has 2 aromatic rings. The largest absolute Gasteiger partial charge is 0.397 e. The van der Waals surface area contributed by atoms with E-state index in [0.717, 1.165) is 30.6 Å². The second-order valence-electron chi connectivity index (χ2n) is 4.86. The second kappa shape index (κ2) is 6.49. The summed E-state index contributed by atoms with van der Waals surface area (Å²) in [6.07, 6.45) is 2.81. The van der Waals surface area contributed by atoms with Gasteiger partial charge in [0.25, 0.3) is 0 Å². The maximum absolute atomic E-state index is 9.22. The number of benzene rings is 1. The molecule has 3 nitrogen and oxygen atoms in total. The van der Waals surface area contributed by atoms with E-state index in [4.69, 9.17) is 17.3 Å². The monoisotopic (exact) mass is 287 g/mol. The number of nitrogen functional groups attached to an aromatic ring is 1. The highest BCUT2D eigenvalue weighted by Crippen LogP contribution is 2.23. The first-order valence-corrected chi connectivity index (χ1v) is 7.16. The highest BCUT2D eigenvalue weighted by Gasteiger charge is 2.13. The van der Waals surface area contributed by atoms with Gasteiger partial charge in [0, 0.05) is 23.7 Å². The lowest BCUT2D eigenvalue weighted by atomic mass is 10.1. The van der Waals surface area contributed by atoms with Gasteiger partial charge in [-0.25, -0.2) is 0 Å². The van der Waals surface area contributed by atoms with Crippen LogP contribution in [0.5, 0.6) is 0 Å². The molecule has 0 atom stereocenters. The van der Waals surface area contributed by atoms with E-state index in [0.29, 0.717) is 22.8 Å². The maximum atomic E-state index is 9.22. The van der Waals surface area contributed by atoms with Crippen LogP contribution >= 0.6 is 11.6 Å². The van der Waals surface area contributed by atoms with Crippen molar-refractivity contribution in [1.82, 2.24) is 4.57 Å². The van der Waals surface area contributed by atoms with Gasteiger partial charge in [-0.15, -0.1) is 0 Å². The molecule has 0 amide bonds. The van der Waals surface area contributed by atoms with Gasteiger partial charge >= 0.3 is 0 Å². The summed E-state index contributed by atoms with van der Waals surface area (Å²) in [6.45, 7) is 2.96. The number of nitrogens with zero attached hydrogens (tertiary/aromatic N) is 2. The van der Waals surface area contributed by atoms with Crippen LogP contribution in [-0.4, -0.2) is 4.57 Å². The molecule has 1 heterocycles. The Hall–Kier alpha value is -1.92. The van der Waals surface area contributed by atoms with E-state index < -0.39 is 0 Å². The van der Waals surface area contributed by atoms with E-state index in [-0.39, 0.29) is 0 Å². The average Bonchev–Trinajstić information content (AvgIpc) is 2.73. The molecule has 0 aliphatic heterocycles. The van der Waals surface area contributed by atoms with Gasteiger partial charge in [0.1, 0.15) is 11.8 Å². The third-order valence-electron chi connectivity index (χ3n) is 3.35. The highest BCUT2D eigenvalue weighted by molar-refractivity contribution is 6.30. The Morgan fingerprint density at radius 1 is 1.35 bits per heavy atom. The van der Waals surface area contributed by atoms with Gasteiger partial charge in [-0.3, -0.25) is 0 Å². The summed E-state index contributed by atoms with van der Waals surface area (Å²) >= 11 is 6.02. The zero-order valence-corrected chi connectivity index (χ0v) is 12.3. The molecule has 104 valence electrons. The second-order valence-corrected chi connectivity index (χ2v) is 5.29. The molecule has 2 N–H and O–H groups in total. The molecule has 2 rings (SSSR count). The lowest BCUT2D eigenvalue weighted by Gasteiger charge is -2.11. The fourth-order valence-electron chi connectivity index (χ4n) is 2.31. The van der Waals surface area contributed by atoms with Crippen LogP contribution < -0.4 is 5.73 Å². The minimum Gasteiger partial charge on any atom is -0.397 e. The number of nitriles is 1. The summed E-state index contributed by atoms with van der Waals surface area (Å²) in [4.78, 5) is 0. The first-order valence-electron chi connectivity index (χ1n) is 6.78. The molecule has 1 aromatic carbocycles. The summed E-state index contributed by atoms with van der Waals surface area (Å²) in [5.74, 6) is 0. The molecule has 20 heavy (non-hydrogen) atoms. The summed E-state index contributed by atoms with van der Waals surface area (Å²) in [5.41, 5.74) is 9.48. The van der Waals surface area contributed by atoms with Crippen LogP contribution in [0.25, 0.3) is 0 Å². The molecule has 1 aromatic heterocycles. The topological polar surface area (TPSA) is 54.7 Å². The molecule has 0 spiro atoms. The van der Waals surface area contributed by atoms with Crippen molar-refractivity contribution in [2.24, 2.45) is 0 Å². The highest BCUT2D eigenvalue weighted by atomic mass is 35.5. The quantitative estimate of drug-likeness (QED) is 0.904. The molecule has 0 unspecified atom stereocenters. The van der Waals surface area contributed by atoms with Crippen LogP contribution in [0.4, 0.5) is 5.69 Å². The fourth-order valence-corrected chi connectivity index (χ4v) is 2.52. The van der Waals surface area contributed by atoms with E-state index in [1.54, 1.807) is 6.07 Å². The van der Waals surface area contributed by atoms with Crippen LogP contribution in [-0.2, 0) is 13.0 Å². The van der Waals surface area contributed by atoms with Gasteiger partial charge in [-0.2, -0.15) is 5.26 Å². The van der Waals surface area contributed by atoms with Crippen LogP contribution in [0.2, 0.25) is 5.02 Å². The van der Waals surface area contributed by atoms with Gasteiger partial charge in [0.15, 0.2) is 0 Å². The third-order valence-corrected chi connectivity index (χ3v) is 3.59. The van der Waals surface area contributed by atoms with Gasteiger partial charge in [0.2, 0.25) is 0 Å². The number of aromatic nitrogens is 1. The van der Waals surface area contributed by atoms with Gasteiger partial charge < -0.3 is 10.3 Å². The smallest absolute Gasteiger partial charge is 0.122 e. The van der Waals surface area contributed by atoms with Gasteiger partial charge in [-0.05, 0) is 30.2 Å². The van der Waals surface area contributed by atoms with Crippen LogP contribution in [0.1, 0.15) is 36.7 Å². The number of halogens is 1. The first kappa shape index (κ1) is 14.5. The Balaban J connectivity index is 2.35. The SMILES string of the molecule is CCCCn1c(C#N)cc(N)c1Cc1cccc(Cl)c1. The fraction of sp³-hybridized carbons (Fsp3) is 0.312. The van der Waals surface area contributed by atoms with Crippen molar-refractivity contribution in [3.05, 3.63) is 52.3 Å². The standard InChI is InChI=1S/C16H18ClN3/c1-2-3-7-20-14(11-18)10-15(19)16(20)9-12-5-4-6-13(17)8-12/h4-6,8,10H,2-3,7,9,19H2,1H3.